The van der Waals surface area contributed by atoms with Crippen LogP contribution in [0.1, 0.15) is 60.3 Å². The first-order chi connectivity index (χ1) is 7.10. The van der Waals surface area contributed by atoms with Gasteiger partial charge in [0.2, 0.25) is 0 Å². The van der Waals surface area contributed by atoms with Crippen LogP contribution >= 0.6 is 0 Å². The molecule has 0 fully saturated rings. The fraction of sp³-hybridized carbons (Fsp3) is 1.00. The van der Waals surface area contributed by atoms with Gasteiger partial charge in [0.15, 0.2) is 0 Å². The Morgan fingerprint density at radius 1 is 1.00 bits per heavy atom. The molecule has 0 saturated carbocycles. The van der Waals surface area contributed by atoms with Crippen molar-refractivity contribution in [1.29, 1.82) is 0 Å². The minimum absolute atomic E-state index is 0.774. The van der Waals surface area contributed by atoms with Crippen LogP contribution in [0, 0.1) is 17.8 Å². The van der Waals surface area contributed by atoms with Gasteiger partial charge in [0, 0.05) is 0 Å². The molecule has 0 rings (SSSR count). The minimum atomic E-state index is 0.774. The largest absolute Gasteiger partial charge is 0.316 e. The van der Waals surface area contributed by atoms with Gasteiger partial charge in [-0.2, -0.15) is 0 Å². The second kappa shape index (κ2) is 9.21. The summed E-state index contributed by atoms with van der Waals surface area (Å²) in [5.41, 5.74) is 0. The number of hydrogen-bond donors (Lipinski definition) is 1. The molecule has 1 N–H and O–H groups in total. The first-order valence-corrected chi connectivity index (χ1v) is 6.80. The van der Waals surface area contributed by atoms with E-state index < -0.39 is 0 Å². The van der Waals surface area contributed by atoms with Gasteiger partial charge < -0.3 is 5.32 Å². The molecular weight excluding hydrogens is 182 g/mol. The van der Waals surface area contributed by atoms with E-state index in [1.54, 1.807) is 0 Å². The van der Waals surface area contributed by atoms with Gasteiger partial charge in [0.1, 0.15) is 0 Å². The van der Waals surface area contributed by atoms with Crippen molar-refractivity contribution < 1.29 is 0 Å². The predicted molar refractivity (Wildman–Crippen MR) is 70.2 cm³/mol. The lowest BCUT2D eigenvalue weighted by molar-refractivity contribution is 0.343. The third kappa shape index (κ3) is 8.92. The molecule has 0 aromatic heterocycles. The maximum atomic E-state index is 3.58. The molecule has 0 radical (unpaired) electrons. The molecule has 0 bridgehead atoms. The Morgan fingerprint density at radius 3 is 2.13 bits per heavy atom. The van der Waals surface area contributed by atoms with Crippen molar-refractivity contribution in [3.63, 3.8) is 0 Å². The summed E-state index contributed by atoms with van der Waals surface area (Å²) < 4.78 is 0. The van der Waals surface area contributed by atoms with Crippen molar-refractivity contribution in [1.82, 2.24) is 5.32 Å². The maximum Gasteiger partial charge on any atom is -0.00204 e. The van der Waals surface area contributed by atoms with E-state index in [1.807, 2.05) is 0 Å². The van der Waals surface area contributed by atoms with Gasteiger partial charge in [0.05, 0.1) is 0 Å². The first kappa shape index (κ1) is 15.0. The van der Waals surface area contributed by atoms with Crippen LogP contribution in [0.3, 0.4) is 0 Å². The predicted octanol–water partition coefficient (Wildman–Crippen LogP) is 4.08. The summed E-state index contributed by atoms with van der Waals surface area (Å²) in [4.78, 5) is 0. The van der Waals surface area contributed by atoms with Crippen LogP contribution in [0.25, 0.3) is 0 Å². The van der Waals surface area contributed by atoms with E-state index in [4.69, 9.17) is 0 Å². The summed E-state index contributed by atoms with van der Waals surface area (Å²) >= 11 is 0. The lowest BCUT2D eigenvalue weighted by Gasteiger charge is -2.20. The standard InChI is InChI=1S/C14H31N/c1-6-8-13(5)9-14(7-2)11-15-10-12(3)4/h12-15H,6-11H2,1-5H3. The van der Waals surface area contributed by atoms with Crippen molar-refractivity contribution in [2.24, 2.45) is 17.8 Å². The van der Waals surface area contributed by atoms with Crippen LogP contribution in [0.5, 0.6) is 0 Å². The average Bonchev–Trinajstić information content (AvgIpc) is 2.16. The maximum absolute atomic E-state index is 3.58. The van der Waals surface area contributed by atoms with E-state index in [0.717, 1.165) is 17.8 Å². The lowest BCUT2D eigenvalue weighted by atomic mass is 9.91. The molecule has 2 atom stereocenters. The van der Waals surface area contributed by atoms with Crippen molar-refractivity contribution in [2.75, 3.05) is 13.1 Å². The molecular formula is C14H31N. The summed E-state index contributed by atoms with van der Waals surface area (Å²) in [6.07, 6.45) is 5.44. The Bertz CT molecular complexity index is 131. The zero-order chi connectivity index (χ0) is 11.7. The van der Waals surface area contributed by atoms with Crippen LogP contribution in [-0.4, -0.2) is 13.1 Å². The molecule has 0 aliphatic heterocycles. The third-order valence-corrected chi connectivity index (χ3v) is 3.08. The zero-order valence-electron chi connectivity index (χ0n) is 11.5. The van der Waals surface area contributed by atoms with Crippen molar-refractivity contribution in [3.8, 4) is 0 Å². The molecule has 0 spiro atoms. The molecule has 0 saturated heterocycles. The second-order valence-electron chi connectivity index (χ2n) is 5.46. The molecule has 15 heavy (non-hydrogen) atoms. The van der Waals surface area contributed by atoms with Gasteiger partial charge in [0.25, 0.3) is 0 Å². The zero-order valence-corrected chi connectivity index (χ0v) is 11.5. The third-order valence-electron chi connectivity index (χ3n) is 3.08. The minimum Gasteiger partial charge on any atom is -0.316 e. The summed E-state index contributed by atoms with van der Waals surface area (Å²) in [5.74, 6) is 2.56. The van der Waals surface area contributed by atoms with E-state index in [1.165, 1.54) is 38.8 Å². The van der Waals surface area contributed by atoms with E-state index in [0.29, 0.717) is 0 Å². The summed E-state index contributed by atoms with van der Waals surface area (Å²) in [6, 6.07) is 0. The summed E-state index contributed by atoms with van der Waals surface area (Å²) in [6.45, 7) is 13.9. The van der Waals surface area contributed by atoms with Crippen molar-refractivity contribution in [2.45, 2.75) is 60.3 Å². The average molecular weight is 213 g/mol. The lowest BCUT2D eigenvalue weighted by Crippen LogP contribution is -2.27. The van der Waals surface area contributed by atoms with Gasteiger partial charge in [-0.05, 0) is 37.3 Å². The van der Waals surface area contributed by atoms with E-state index in [-0.39, 0.29) is 0 Å². The van der Waals surface area contributed by atoms with Crippen LogP contribution in [0.15, 0.2) is 0 Å². The highest BCUT2D eigenvalue weighted by Crippen LogP contribution is 2.18. The van der Waals surface area contributed by atoms with Crippen LogP contribution in [-0.2, 0) is 0 Å². The first-order valence-electron chi connectivity index (χ1n) is 6.80. The quantitative estimate of drug-likeness (QED) is 0.608. The molecule has 0 heterocycles. The van der Waals surface area contributed by atoms with E-state index >= 15 is 0 Å². The molecule has 1 nitrogen and oxygen atoms in total. The Labute approximate surface area is 97.0 Å². The Hall–Kier alpha value is -0.0400. The Morgan fingerprint density at radius 2 is 1.67 bits per heavy atom. The SMILES string of the molecule is CCCC(C)CC(CC)CNCC(C)C. The van der Waals surface area contributed by atoms with Crippen LogP contribution < -0.4 is 5.32 Å². The molecule has 0 aromatic carbocycles. The molecule has 0 aliphatic rings. The fourth-order valence-corrected chi connectivity index (χ4v) is 2.15. The van der Waals surface area contributed by atoms with Crippen molar-refractivity contribution >= 4 is 0 Å². The van der Waals surface area contributed by atoms with E-state index in [9.17, 15) is 0 Å². The normalized spacial score (nSPS) is 15.6. The van der Waals surface area contributed by atoms with Gasteiger partial charge in [-0.3, -0.25) is 0 Å². The van der Waals surface area contributed by atoms with Gasteiger partial charge in [-0.15, -0.1) is 0 Å². The number of rotatable bonds is 9. The van der Waals surface area contributed by atoms with Crippen LogP contribution in [0.4, 0.5) is 0 Å². The number of hydrogen-bond acceptors (Lipinski definition) is 1. The highest BCUT2D eigenvalue weighted by Gasteiger charge is 2.10. The van der Waals surface area contributed by atoms with Gasteiger partial charge in [-0.1, -0.05) is 53.9 Å². The molecule has 0 amide bonds. The topological polar surface area (TPSA) is 12.0 Å². The van der Waals surface area contributed by atoms with Crippen LogP contribution in [0.2, 0.25) is 0 Å². The molecule has 0 aromatic rings. The van der Waals surface area contributed by atoms with Gasteiger partial charge in [-0.25, -0.2) is 0 Å². The highest BCUT2D eigenvalue weighted by atomic mass is 14.9. The second-order valence-corrected chi connectivity index (χ2v) is 5.46. The highest BCUT2D eigenvalue weighted by molar-refractivity contribution is 4.65. The molecule has 0 aliphatic carbocycles. The fourth-order valence-electron chi connectivity index (χ4n) is 2.15. The van der Waals surface area contributed by atoms with Gasteiger partial charge >= 0.3 is 0 Å². The monoisotopic (exact) mass is 213 g/mol. The molecule has 92 valence electrons. The van der Waals surface area contributed by atoms with E-state index in [2.05, 4.69) is 39.9 Å². The van der Waals surface area contributed by atoms with Crippen molar-refractivity contribution in [3.05, 3.63) is 0 Å². The summed E-state index contributed by atoms with van der Waals surface area (Å²) in [7, 11) is 0. The summed E-state index contributed by atoms with van der Waals surface area (Å²) in [5, 5.41) is 3.58. The number of nitrogens with one attached hydrogen (secondary N) is 1. The Balaban J connectivity index is 3.62. The smallest absolute Gasteiger partial charge is 0.00204 e. The molecule has 2 unspecified atom stereocenters. The Kier molecular flexibility index (Phi) is 9.18. The molecule has 1 heteroatoms.